The molecule has 133 heavy (non-hydrogen) atoms. The van der Waals surface area contributed by atoms with Crippen molar-refractivity contribution in [2.75, 3.05) is 42.2 Å². The van der Waals surface area contributed by atoms with Gasteiger partial charge in [-0.15, -0.1) is 0 Å². The molecule has 16 aromatic rings. The van der Waals surface area contributed by atoms with Crippen molar-refractivity contribution in [2.45, 2.75) is 115 Å². The van der Waals surface area contributed by atoms with Crippen molar-refractivity contribution in [1.29, 1.82) is 0 Å². The number of aromatic nitrogens is 6. The van der Waals surface area contributed by atoms with E-state index in [2.05, 4.69) is 108 Å². The van der Waals surface area contributed by atoms with Crippen LogP contribution in [0.25, 0.3) is 49.8 Å². The number of benzene rings is 10. The van der Waals surface area contributed by atoms with Crippen molar-refractivity contribution in [1.82, 2.24) is 29.2 Å². The van der Waals surface area contributed by atoms with Crippen LogP contribution in [0.4, 0.5) is 30.6 Å². The highest BCUT2D eigenvalue weighted by atomic mass is 79.9. The average molecular weight is 1920 g/mol. The molecule has 0 unspecified atom stereocenters. The molecule has 0 spiro atoms. The molecule has 20 rings (SSSR count). The Balaban J connectivity index is 0.000000127. The summed E-state index contributed by atoms with van der Waals surface area (Å²) in [5.41, 5.74) is 5.65. The minimum Gasteiger partial charge on any atom is -0.497 e. The van der Waals surface area contributed by atoms with Gasteiger partial charge in [-0.1, -0.05) is 119 Å². The van der Waals surface area contributed by atoms with Gasteiger partial charge in [-0.05, 0) is 229 Å². The molecule has 0 amide bonds. The third-order valence-electron chi connectivity index (χ3n) is 24.4. The summed E-state index contributed by atoms with van der Waals surface area (Å²) < 4.78 is 183. The highest BCUT2D eigenvalue weighted by Gasteiger charge is 2.60. The Kier molecular flexibility index (Phi) is 25.4. The van der Waals surface area contributed by atoms with Crippen LogP contribution in [0.15, 0.2) is 327 Å². The lowest BCUT2D eigenvalue weighted by atomic mass is 9.79. The topological polar surface area (TPSA) is 329 Å². The number of fused-ring (bicyclic) bond motifs is 3. The standard InChI is InChI=1S/2C28H22FN3O5S.C27H21BrFN3O6S.C15H21BO2/c2*1-36-26-15-22(21-14-20(21)17-5-3-2-4-6-17)23(29)16-25(26)32-24-9-8-19(13-18(24)7-10-28(32)33)38(34,35)31-27-11-12-37-30-27;1-36-19-6-3-17(4-7-19)16-31(26-11-12-38-30-26)39(34,35)20-8-9-23-18(13-20)5-10-27(33)32(23)24-15-22(29)21(28)14-25(24)37-2;1-14(2)15(3,4)18-16(17-14)13-10-12(13)11-8-6-5-7-9-11/h2*2-13,15-16,20-21H,14H2,1H3,(H,30,31);3-15H,16H2,1-2H3;5-9,12-13H,10H2,1-4H3/t2*20-,21+;;12-,13+/m10.1/s1. The van der Waals surface area contributed by atoms with Crippen LogP contribution in [0, 0.1) is 17.5 Å². The molecule has 1 aliphatic heterocycles. The first-order valence-corrected chi connectivity index (χ1v) is 47.2. The van der Waals surface area contributed by atoms with Gasteiger partial charge in [0.1, 0.15) is 59.2 Å². The molecule has 680 valence electrons. The fraction of sp³-hybridized carbons (Fsp3) is 0.204. The lowest BCUT2D eigenvalue weighted by molar-refractivity contribution is 0.00578. The third kappa shape index (κ3) is 18.9. The van der Waals surface area contributed by atoms with Crippen molar-refractivity contribution in [3.05, 3.63) is 366 Å². The van der Waals surface area contributed by atoms with Crippen molar-refractivity contribution < 1.29 is 80.3 Å². The van der Waals surface area contributed by atoms with Gasteiger partial charge in [0.25, 0.3) is 46.7 Å². The van der Waals surface area contributed by atoms with Gasteiger partial charge in [-0.25, -0.2) is 42.7 Å². The Morgan fingerprint density at radius 1 is 0.429 bits per heavy atom. The zero-order chi connectivity index (χ0) is 93.6. The summed E-state index contributed by atoms with van der Waals surface area (Å²) in [7, 11) is -6.21. The van der Waals surface area contributed by atoms with Gasteiger partial charge in [0, 0.05) is 76.6 Å². The second kappa shape index (κ2) is 37.1. The number of nitrogens with zero attached hydrogens (tertiary/aromatic N) is 7. The highest BCUT2D eigenvalue weighted by molar-refractivity contribution is 9.10. The number of methoxy groups -OCH3 is 4. The van der Waals surface area contributed by atoms with E-state index in [1.54, 1.807) is 43.5 Å². The number of halogens is 4. The SMILES string of the molecule is CC1(C)OB([C@H]2C[C@@H]2c2ccccc2)OC1(C)C.COc1cc([C@@H]2C[C@H]2c2ccccc2)c(F)cc1-n1c(=O)ccc2cc(S(=O)(=O)Nc3ccon3)ccc21.COc1cc([C@H]2C[C@@H]2c2ccccc2)c(F)cc1-n1c(=O)ccc2cc(S(=O)(=O)Nc3ccon3)ccc21.COc1ccc(CN(c2ccon2)S(=O)(=O)c2ccc3c(ccc(=O)n3-c3cc(F)c(Br)cc3OC)c2)cc1. The third-order valence-corrected chi connectivity index (χ3v) is 29.4. The average Bonchev–Trinajstić information content (AvgIpc) is 1.71. The number of sulfonamides is 3. The van der Waals surface area contributed by atoms with E-state index >= 15 is 8.78 Å². The van der Waals surface area contributed by atoms with Crippen molar-refractivity contribution >= 4 is 103 Å². The molecule has 1 saturated heterocycles. The molecule has 0 bridgehead atoms. The number of hydrogen-bond acceptors (Lipinski definition) is 21. The predicted molar refractivity (Wildman–Crippen MR) is 500 cm³/mol. The van der Waals surface area contributed by atoms with Gasteiger partial charge in [0.05, 0.1) is 99.0 Å². The maximum Gasteiger partial charge on any atom is 0.461 e. The summed E-state index contributed by atoms with van der Waals surface area (Å²) in [4.78, 5) is 38.8. The fourth-order valence-electron chi connectivity index (χ4n) is 16.6. The Morgan fingerprint density at radius 2 is 0.820 bits per heavy atom. The largest absolute Gasteiger partial charge is 0.497 e. The van der Waals surface area contributed by atoms with Crippen LogP contribution in [0.1, 0.15) is 110 Å². The number of nitrogens with one attached hydrogen (secondary N) is 2. The number of pyridine rings is 3. The second-order valence-corrected chi connectivity index (χ2v) is 39.3. The van der Waals surface area contributed by atoms with Gasteiger partial charge < -0.3 is 41.8 Å². The van der Waals surface area contributed by atoms with E-state index in [1.165, 1.54) is 199 Å². The molecule has 0 radical (unpaired) electrons. The zero-order valence-electron chi connectivity index (χ0n) is 72.6. The number of rotatable bonds is 24. The smallest absolute Gasteiger partial charge is 0.461 e. The maximum atomic E-state index is 15.5. The zero-order valence-corrected chi connectivity index (χ0v) is 76.7. The fourth-order valence-corrected chi connectivity index (χ4v) is 20.4. The first-order valence-electron chi connectivity index (χ1n) is 42.0. The second-order valence-electron chi connectivity index (χ2n) is 33.2. The monoisotopic (exact) mass is 1920 g/mol. The molecule has 6 aromatic heterocycles. The van der Waals surface area contributed by atoms with Gasteiger partial charge in [-0.2, -0.15) is 0 Å². The maximum absolute atomic E-state index is 15.5. The van der Waals surface area contributed by atoms with E-state index in [4.69, 9.17) is 32.8 Å². The summed E-state index contributed by atoms with van der Waals surface area (Å²) in [5.74, 6) is 1.97. The summed E-state index contributed by atoms with van der Waals surface area (Å²) in [6.07, 6.45) is 6.63. The Bertz CT molecular complexity index is 7320. The van der Waals surface area contributed by atoms with Crippen LogP contribution >= 0.6 is 15.9 Å². The molecule has 27 nitrogen and oxygen atoms in total. The van der Waals surface area contributed by atoms with Crippen molar-refractivity contribution in [2.24, 2.45) is 0 Å². The minimum atomic E-state index is -4.14. The van der Waals surface area contributed by atoms with Crippen LogP contribution < -0.4 is 49.4 Å². The molecule has 6 atom stereocenters. The number of hydrogen-bond donors (Lipinski definition) is 2. The highest BCUT2D eigenvalue weighted by Crippen LogP contribution is 2.60. The van der Waals surface area contributed by atoms with Gasteiger partial charge in [0.15, 0.2) is 17.5 Å². The van der Waals surface area contributed by atoms with E-state index in [-0.39, 0.29) is 108 Å². The van der Waals surface area contributed by atoms with Crippen LogP contribution in [-0.4, -0.2) is 101 Å². The summed E-state index contributed by atoms with van der Waals surface area (Å²) in [6, 6.07) is 71.8. The predicted octanol–water partition coefficient (Wildman–Crippen LogP) is 19.3. The molecule has 4 fully saturated rings. The Hall–Kier alpha value is -13.8. The minimum absolute atomic E-state index is 0.0221. The molecule has 10 aromatic carbocycles. The lowest BCUT2D eigenvalue weighted by Gasteiger charge is -2.32. The normalized spacial score (nSPS) is 17.4. The van der Waals surface area contributed by atoms with E-state index in [0.717, 1.165) is 28.3 Å². The van der Waals surface area contributed by atoms with E-state index in [0.29, 0.717) is 78.4 Å². The number of anilines is 3. The lowest BCUT2D eigenvalue weighted by Crippen LogP contribution is -2.41. The molecular formula is C98H86BBrF3N9O18S3. The Labute approximate surface area is 770 Å². The molecule has 4 aliphatic rings. The van der Waals surface area contributed by atoms with Crippen LogP contribution in [0.3, 0.4) is 0 Å². The summed E-state index contributed by atoms with van der Waals surface area (Å²) in [6.45, 7) is 8.45. The molecule has 3 saturated carbocycles. The molecule has 7 heterocycles. The quantitative estimate of drug-likeness (QED) is 0.0531. The van der Waals surface area contributed by atoms with Crippen molar-refractivity contribution in [3.63, 3.8) is 0 Å². The van der Waals surface area contributed by atoms with Crippen LogP contribution in [0.2, 0.25) is 5.82 Å². The van der Waals surface area contributed by atoms with Gasteiger partial charge >= 0.3 is 7.12 Å². The van der Waals surface area contributed by atoms with Crippen molar-refractivity contribution in [3.8, 4) is 40.1 Å². The summed E-state index contributed by atoms with van der Waals surface area (Å²) in [5, 5.41) is 12.3. The van der Waals surface area contributed by atoms with Crippen LogP contribution in [0.5, 0.6) is 23.0 Å². The van der Waals surface area contributed by atoms with Gasteiger partial charge in [-0.3, -0.25) is 37.5 Å². The van der Waals surface area contributed by atoms with E-state index in [1.807, 2.05) is 60.7 Å². The molecule has 2 N–H and O–H groups in total. The first kappa shape index (κ1) is 91.1. The first-order chi connectivity index (χ1) is 63.8. The van der Waals surface area contributed by atoms with Crippen LogP contribution in [-0.2, 0) is 45.9 Å². The molecule has 35 heteroatoms. The van der Waals surface area contributed by atoms with Gasteiger partial charge in [0.2, 0.25) is 0 Å². The Morgan fingerprint density at radius 3 is 1.22 bits per heavy atom. The van der Waals surface area contributed by atoms with E-state index in [9.17, 15) is 44.0 Å². The summed E-state index contributed by atoms with van der Waals surface area (Å²) >= 11 is 3.12. The molecular weight excluding hydrogens is 1840 g/mol. The number of ether oxygens (including phenoxy) is 4. The molecule has 3 aliphatic carbocycles. The van der Waals surface area contributed by atoms with E-state index < -0.39 is 64.2 Å².